The van der Waals surface area contributed by atoms with Gasteiger partial charge in [0, 0.05) is 24.4 Å². The van der Waals surface area contributed by atoms with Crippen molar-refractivity contribution in [3.8, 4) is 0 Å². The molecular formula is C16H19N3O4. The fourth-order valence-electron chi connectivity index (χ4n) is 1.98. The van der Waals surface area contributed by atoms with E-state index in [-0.39, 0.29) is 24.7 Å². The summed E-state index contributed by atoms with van der Waals surface area (Å²) < 4.78 is 5.08. The number of anilines is 1. The topological polar surface area (TPSA) is 105 Å². The summed E-state index contributed by atoms with van der Waals surface area (Å²) >= 11 is 0. The number of hydrogen-bond donors (Lipinski definition) is 2. The number of carboxylic acid groups (broad SMARTS) is 1. The van der Waals surface area contributed by atoms with E-state index in [1.807, 2.05) is 13.8 Å². The zero-order valence-electron chi connectivity index (χ0n) is 13.1. The molecule has 0 atom stereocenters. The molecule has 0 radical (unpaired) electrons. The molecule has 122 valence electrons. The maximum absolute atomic E-state index is 11.9. The Balaban J connectivity index is 1.87. The first-order valence-electron chi connectivity index (χ1n) is 7.37. The lowest BCUT2D eigenvalue weighted by Gasteiger charge is -2.06. The third-order valence-corrected chi connectivity index (χ3v) is 3.13. The van der Waals surface area contributed by atoms with Crippen LogP contribution >= 0.6 is 0 Å². The Bertz CT molecular complexity index is 694. The molecule has 1 aromatic heterocycles. The molecule has 1 heterocycles. The number of hydrogen-bond acceptors (Lipinski definition) is 5. The molecule has 2 N–H and O–H groups in total. The van der Waals surface area contributed by atoms with E-state index in [2.05, 4.69) is 15.5 Å². The minimum absolute atomic E-state index is 0.0797. The van der Waals surface area contributed by atoms with Crippen molar-refractivity contribution in [2.24, 2.45) is 0 Å². The molecule has 7 heteroatoms. The Kier molecular flexibility index (Phi) is 5.46. The van der Waals surface area contributed by atoms with Gasteiger partial charge in [-0.2, -0.15) is 4.98 Å². The number of rotatable bonds is 7. The summed E-state index contributed by atoms with van der Waals surface area (Å²) in [5, 5.41) is 15.4. The minimum atomic E-state index is -0.911. The first-order chi connectivity index (χ1) is 10.9. The van der Waals surface area contributed by atoms with E-state index in [1.54, 1.807) is 24.3 Å². The van der Waals surface area contributed by atoms with Crippen LogP contribution in [0.5, 0.6) is 0 Å². The quantitative estimate of drug-likeness (QED) is 0.812. The normalized spacial score (nSPS) is 10.7. The maximum atomic E-state index is 11.9. The van der Waals surface area contributed by atoms with Crippen LogP contribution in [0.2, 0.25) is 0 Å². The van der Waals surface area contributed by atoms with Gasteiger partial charge in [-0.15, -0.1) is 0 Å². The third-order valence-electron chi connectivity index (χ3n) is 3.13. The Morgan fingerprint density at radius 1 is 1.35 bits per heavy atom. The van der Waals surface area contributed by atoms with Crippen molar-refractivity contribution in [2.75, 3.05) is 5.32 Å². The highest BCUT2D eigenvalue weighted by molar-refractivity contribution is 5.90. The number of aryl methyl sites for hydroxylation is 1. The monoisotopic (exact) mass is 317 g/mol. The number of amides is 1. The van der Waals surface area contributed by atoms with E-state index < -0.39 is 5.97 Å². The number of aliphatic carboxylic acids is 1. The van der Waals surface area contributed by atoms with Crippen LogP contribution < -0.4 is 5.32 Å². The molecule has 2 aromatic rings. The van der Waals surface area contributed by atoms with Crippen LogP contribution in [0.3, 0.4) is 0 Å². The Labute approximate surface area is 133 Å². The number of aromatic nitrogens is 2. The van der Waals surface area contributed by atoms with Gasteiger partial charge in [-0.25, -0.2) is 0 Å². The first-order valence-corrected chi connectivity index (χ1v) is 7.37. The Morgan fingerprint density at radius 3 is 2.78 bits per heavy atom. The number of carbonyl (C=O) groups excluding carboxylic acids is 1. The lowest BCUT2D eigenvalue weighted by atomic mass is 10.1. The molecule has 0 aliphatic carbocycles. The number of benzene rings is 1. The molecule has 0 unspecified atom stereocenters. The van der Waals surface area contributed by atoms with Gasteiger partial charge in [0.05, 0.1) is 6.42 Å². The van der Waals surface area contributed by atoms with Crippen molar-refractivity contribution in [2.45, 2.75) is 39.0 Å². The highest BCUT2D eigenvalue weighted by Gasteiger charge is 2.11. The number of nitrogens with zero attached hydrogens (tertiary/aromatic N) is 2. The summed E-state index contributed by atoms with van der Waals surface area (Å²) in [5.41, 5.74) is 1.20. The summed E-state index contributed by atoms with van der Waals surface area (Å²) in [4.78, 5) is 26.9. The van der Waals surface area contributed by atoms with Gasteiger partial charge in [0.15, 0.2) is 5.82 Å². The molecule has 23 heavy (non-hydrogen) atoms. The second-order valence-electron chi connectivity index (χ2n) is 5.52. The van der Waals surface area contributed by atoms with E-state index in [0.717, 1.165) is 0 Å². The lowest BCUT2D eigenvalue weighted by Crippen LogP contribution is -2.13. The van der Waals surface area contributed by atoms with E-state index in [9.17, 15) is 9.59 Å². The van der Waals surface area contributed by atoms with E-state index in [4.69, 9.17) is 9.63 Å². The predicted molar refractivity (Wildman–Crippen MR) is 83.1 cm³/mol. The molecule has 1 amide bonds. The molecule has 0 aliphatic heterocycles. The smallest absolute Gasteiger partial charge is 0.307 e. The molecule has 7 nitrogen and oxygen atoms in total. The van der Waals surface area contributed by atoms with E-state index in [1.165, 1.54) is 0 Å². The molecule has 0 saturated heterocycles. The van der Waals surface area contributed by atoms with Crippen LogP contribution in [0.4, 0.5) is 5.69 Å². The number of nitrogens with one attached hydrogen (secondary N) is 1. The molecule has 2 rings (SSSR count). The van der Waals surface area contributed by atoms with Crippen molar-refractivity contribution < 1.29 is 19.2 Å². The van der Waals surface area contributed by atoms with Crippen LogP contribution in [0.25, 0.3) is 0 Å². The maximum Gasteiger partial charge on any atom is 0.307 e. The zero-order chi connectivity index (χ0) is 16.8. The molecular weight excluding hydrogens is 298 g/mol. The van der Waals surface area contributed by atoms with Crippen LogP contribution in [-0.4, -0.2) is 27.1 Å². The summed E-state index contributed by atoms with van der Waals surface area (Å²) in [6.07, 6.45) is 0.493. The first kappa shape index (κ1) is 16.7. The van der Waals surface area contributed by atoms with Crippen molar-refractivity contribution in [1.82, 2.24) is 10.1 Å². The van der Waals surface area contributed by atoms with Gasteiger partial charge in [-0.05, 0) is 17.7 Å². The highest BCUT2D eigenvalue weighted by Crippen LogP contribution is 2.13. The Hall–Kier alpha value is -2.70. The van der Waals surface area contributed by atoms with Crippen molar-refractivity contribution in [3.05, 3.63) is 41.5 Å². The summed E-state index contributed by atoms with van der Waals surface area (Å²) in [6, 6.07) is 6.78. The van der Waals surface area contributed by atoms with E-state index >= 15 is 0 Å². The van der Waals surface area contributed by atoms with Crippen molar-refractivity contribution in [3.63, 3.8) is 0 Å². The number of carbonyl (C=O) groups is 2. The molecule has 0 bridgehead atoms. The van der Waals surface area contributed by atoms with E-state index in [0.29, 0.717) is 29.4 Å². The van der Waals surface area contributed by atoms with Gasteiger partial charge < -0.3 is 14.9 Å². The van der Waals surface area contributed by atoms with Crippen LogP contribution in [0.15, 0.2) is 28.8 Å². The van der Waals surface area contributed by atoms with Gasteiger partial charge in [-0.1, -0.05) is 31.1 Å². The molecule has 0 saturated carbocycles. The van der Waals surface area contributed by atoms with Gasteiger partial charge in [0.2, 0.25) is 11.8 Å². The minimum Gasteiger partial charge on any atom is -0.481 e. The largest absolute Gasteiger partial charge is 0.481 e. The average Bonchev–Trinajstić information content (AvgIpc) is 2.94. The fourth-order valence-corrected chi connectivity index (χ4v) is 1.98. The second kappa shape index (κ2) is 7.53. The van der Waals surface area contributed by atoms with Gasteiger partial charge in [0.25, 0.3) is 0 Å². The SMILES string of the molecule is CC(C)c1noc(CCC(=O)Nc2cccc(CC(=O)O)c2)n1. The molecule has 1 aromatic carbocycles. The fraction of sp³-hybridized carbons (Fsp3) is 0.375. The van der Waals surface area contributed by atoms with Crippen LogP contribution in [0, 0.1) is 0 Å². The van der Waals surface area contributed by atoms with Crippen LogP contribution in [-0.2, 0) is 22.4 Å². The average molecular weight is 317 g/mol. The second-order valence-corrected chi connectivity index (χ2v) is 5.52. The zero-order valence-corrected chi connectivity index (χ0v) is 13.1. The summed E-state index contributed by atoms with van der Waals surface area (Å²) in [6.45, 7) is 3.93. The highest BCUT2D eigenvalue weighted by atomic mass is 16.5. The Morgan fingerprint density at radius 2 is 2.13 bits per heavy atom. The summed E-state index contributed by atoms with van der Waals surface area (Å²) in [5.74, 6) is 0.135. The third kappa shape index (κ3) is 5.21. The van der Waals surface area contributed by atoms with Gasteiger partial charge in [-0.3, -0.25) is 9.59 Å². The summed E-state index contributed by atoms with van der Waals surface area (Å²) in [7, 11) is 0. The predicted octanol–water partition coefficient (Wildman–Crippen LogP) is 2.39. The van der Waals surface area contributed by atoms with Crippen molar-refractivity contribution >= 4 is 17.6 Å². The lowest BCUT2D eigenvalue weighted by molar-refractivity contribution is -0.136. The van der Waals surface area contributed by atoms with Gasteiger partial charge >= 0.3 is 5.97 Å². The molecule has 0 aliphatic rings. The van der Waals surface area contributed by atoms with Gasteiger partial charge in [0.1, 0.15) is 0 Å². The van der Waals surface area contributed by atoms with Crippen molar-refractivity contribution in [1.29, 1.82) is 0 Å². The standard InChI is InChI=1S/C16H19N3O4/c1-10(2)16-18-14(23-19-16)7-6-13(20)17-12-5-3-4-11(8-12)9-15(21)22/h3-5,8,10H,6-7,9H2,1-2H3,(H,17,20)(H,21,22). The molecule has 0 spiro atoms. The number of carboxylic acids is 1. The van der Waals surface area contributed by atoms with Crippen LogP contribution in [0.1, 0.15) is 43.5 Å². The molecule has 0 fully saturated rings.